The van der Waals surface area contributed by atoms with Crippen molar-refractivity contribution in [2.45, 2.75) is 56.0 Å². The van der Waals surface area contributed by atoms with Crippen LogP contribution in [-0.4, -0.2) is 27.8 Å². The lowest BCUT2D eigenvalue weighted by Gasteiger charge is -2.21. The number of para-hydroxylation sites is 1. The van der Waals surface area contributed by atoms with Gasteiger partial charge in [0.1, 0.15) is 4.83 Å². The molecule has 0 radical (unpaired) electrons. The Morgan fingerprint density at radius 2 is 2.03 bits per heavy atom. The molecule has 0 saturated carbocycles. The lowest BCUT2D eigenvalue weighted by molar-refractivity contribution is -0.117. The van der Waals surface area contributed by atoms with E-state index in [-0.39, 0.29) is 16.7 Å². The van der Waals surface area contributed by atoms with Gasteiger partial charge in [-0.1, -0.05) is 42.5 Å². The molecule has 0 aliphatic heterocycles. The Morgan fingerprint density at radius 1 is 1.29 bits per heavy atom. The molecule has 2 heterocycles. The van der Waals surface area contributed by atoms with E-state index >= 15 is 0 Å². The molecule has 4 rings (SSSR count). The Hall–Kier alpha value is -2.38. The average molecular weight is 454 g/mol. The van der Waals surface area contributed by atoms with Gasteiger partial charge in [0.15, 0.2) is 5.16 Å². The molecule has 3 aromatic rings. The van der Waals surface area contributed by atoms with E-state index in [4.69, 9.17) is 4.98 Å². The molecule has 1 atom stereocenters. The van der Waals surface area contributed by atoms with Crippen LogP contribution in [0.1, 0.15) is 36.6 Å². The first-order valence-corrected chi connectivity index (χ1v) is 12.4. The number of carbonyl (C=O) groups excluding carboxylic acids is 1. The number of benzene rings is 1. The molecule has 0 N–H and O–H groups in total. The van der Waals surface area contributed by atoms with E-state index in [1.165, 1.54) is 35.0 Å². The molecule has 2 aromatic heterocycles. The molecule has 1 aromatic carbocycles. The summed E-state index contributed by atoms with van der Waals surface area (Å²) in [5.41, 5.74) is 2.02. The lowest BCUT2D eigenvalue weighted by Crippen LogP contribution is -2.34. The first-order chi connectivity index (χ1) is 15.0. The van der Waals surface area contributed by atoms with E-state index in [0.717, 1.165) is 35.2 Å². The molecule has 0 unspecified atom stereocenters. The topological polar surface area (TPSA) is 55.2 Å². The van der Waals surface area contributed by atoms with Gasteiger partial charge in [-0.15, -0.1) is 17.9 Å². The number of thiophene rings is 1. The fourth-order valence-electron chi connectivity index (χ4n) is 4.04. The Kier molecular flexibility index (Phi) is 6.62. The minimum atomic E-state index is -0.386. The lowest BCUT2D eigenvalue weighted by atomic mass is 10.1. The molecule has 7 heteroatoms. The maximum absolute atomic E-state index is 13.5. The first-order valence-electron chi connectivity index (χ1n) is 10.7. The highest BCUT2D eigenvalue weighted by Gasteiger charge is 2.25. The number of amides is 1. The molecule has 31 heavy (non-hydrogen) atoms. The van der Waals surface area contributed by atoms with E-state index in [1.54, 1.807) is 33.9 Å². The molecular formula is C24H27N3O2S2. The van der Waals surface area contributed by atoms with Crippen LogP contribution in [0.4, 0.5) is 5.69 Å². The number of nitrogens with zero attached hydrogens (tertiary/aromatic N) is 3. The first kappa shape index (κ1) is 21.8. The Balaban J connectivity index is 1.69. The molecule has 0 spiro atoms. The van der Waals surface area contributed by atoms with Crippen LogP contribution in [0.25, 0.3) is 10.2 Å². The van der Waals surface area contributed by atoms with Crippen LogP contribution < -0.4 is 10.5 Å². The number of hydrogen-bond acceptors (Lipinski definition) is 5. The van der Waals surface area contributed by atoms with Gasteiger partial charge in [-0.05, 0) is 50.3 Å². The van der Waals surface area contributed by atoms with Crippen molar-refractivity contribution in [3.8, 4) is 0 Å². The molecule has 1 amide bonds. The predicted molar refractivity (Wildman–Crippen MR) is 131 cm³/mol. The molecule has 162 valence electrons. The zero-order chi connectivity index (χ0) is 22.0. The Bertz CT molecular complexity index is 1170. The maximum atomic E-state index is 13.5. The van der Waals surface area contributed by atoms with E-state index in [9.17, 15) is 9.59 Å². The monoisotopic (exact) mass is 453 g/mol. The number of fused-ring (bicyclic) bond motifs is 3. The minimum absolute atomic E-state index is 0.0112. The molecule has 0 saturated heterocycles. The van der Waals surface area contributed by atoms with Crippen molar-refractivity contribution in [1.29, 1.82) is 0 Å². The zero-order valence-corrected chi connectivity index (χ0v) is 19.6. The summed E-state index contributed by atoms with van der Waals surface area (Å²) >= 11 is 2.99. The van der Waals surface area contributed by atoms with Crippen LogP contribution >= 0.6 is 23.1 Å². The SMILES string of the molecule is C=CCn1c(S[C@@H](C)C(=O)N(C)c2ccccc2)nc2sc3c(c2c1=O)CCCCC3. The maximum Gasteiger partial charge on any atom is 0.263 e. The van der Waals surface area contributed by atoms with Crippen LogP contribution in [0.5, 0.6) is 0 Å². The summed E-state index contributed by atoms with van der Waals surface area (Å²) in [6.07, 6.45) is 7.18. The van der Waals surface area contributed by atoms with Gasteiger partial charge in [0, 0.05) is 24.2 Å². The van der Waals surface area contributed by atoms with Crippen molar-refractivity contribution in [1.82, 2.24) is 9.55 Å². The second kappa shape index (κ2) is 9.40. The highest BCUT2D eigenvalue weighted by atomic mass is 32.2. The van der Waals surface area contributed by atoms with Gasteiger partial charge in [0.05, 0.1) is 10.6 Å². The van der Waals surface area contributed by atoms with E-state index in [1.807, 2.05) is 37.3 Å². The number of carbonyl (C=O) groups is 1. The highest BCUT2D eigenvalue weighted by Crippen LogP contribution is 2.35. The van der Waals surface area contributed by atoms with Crippen molar-refractivity contribution in [3.63, 3.8) is 0 Å². The van der Waals surface area contributed by atoms with Crippen molar-refractivity contribution in [3.05, 3.63) is 63.8 Å². The number of allylic oxidation sites excluding steroid dienone is 1. The molecule has 0 bridgehead atoms. The summed E-state index contributed by atoms with van der Waals surface area (Å²) in [5.74, 6) is -0.0299. The van der Waals surface area contributed by atoms with Crippen LogP contribution in [-0.2, 0) is 24.2 Å². The van der Waals surface area contributed by atoms with Gasteiger partial charge in [0.2, 0.25) is 5.91 Å². The van der Waals surface area contributed by atoms with E-state index < -0.39 is 0 Å². The van der Waals surface area contributed by atoms with Crippen LogP contribution in [0, 0.1) is 0 Å². The Labute approximate surface area is 190 Å². The summed E-state index contributed by atoms with van der Waals surface area (Å²) in [6, 6.07) is 9.57. The standard InChI is InChI=1S/C24H27N3O2S2/c1-4-15-27-23(29)20-18-13-9-6-10-14-19(18)31-21(20)25-24(27)30-16(2)22(28)26(3)17-11-7-5-8-12-17/h4-5,7-8,11-12,16H,1,6,9-10,13-15H2,2-3H3/t16-/m0/s1. The van der Waals surface area contributed by atoms with Crippen LogP contribution in [0.15, 0.2) is 52.9 Å². The third-order valence-corrected chi connectivity index (χ3v) is 7.97. The number of aryl methyl sites for hydroxylation is 2. The third kappa shape index (κ3) is 4.34. The van der Waals surface area contributed by atoms with E-state index in [0.29, 0.717) is 11.7 Å². The normalized spacial score (nSPS) is 14.6. The highest BCUT2D eigenvalue weighted by molar-refractivity contribution is 8.00. The summed E-state index contributed by atoms with van der Waals surface area (Å²) < 4.78 is 1.67. The van der Waals surface area contributed by atoms with Gasteiger partial charge < -0.3 is 4.90 Å². The van der Waals surface area contributed by atoms with E-state index in [2.05, 4.69) is 6.58 Å². The number of thioether (sulfide) groups is 1. The van der Waals surface area contributed by atoms with Crippen LogP contribution in [0.3, 0.4) is 0 Å². The predicted octanol–water partition coefficient (Wildman–Crippen LogP) is 5.06. The van der Waals surface area contributed by atoms with Crippen LogP contribution in [0.2, 0.25) is 0 Å². The number of anilines is 1. The van der Waals surface area contributed by atoms with Gasteiger partial charge in [0.25, 0.3) is 5.56 Å². The van der Waals surface area contributed by atoms with Gasteiger partial charge >= 0.3 is 0 Å². The summed E-state index contributed by atoms with van der Waals surface area (Å²) in [4.78, 5) is 35.1. The second-order valence-electron chi connectivity index (χ2n) is 7.84. The van der Waals surface area contributed by atoms with Crippen molar-refractivity contribution in [2.24, 2.45) is 0 Å². The quantitative estimate of drug-likeness (QED) is 0.227. The zero-order valence-electron chi connectivity index (χ0n) is 18.0. The van der Waals surface area contributed by atoms with Gasteiger partial charge in [-0.2, -0.15) is 0 Å². The minimum Gasteiger partial charge on any atom is -0.315 e. The Morgan fingerprint density at radius 3 is 2.77 bits per heavy atom. The largest absolute Gasteiger partial charge is 0.315 e. The van der Waals surface area contributed by atoms with Crippen molar-refractivity contribution in [2.75, 3.05) is 11.9 Å². The molecule has 1 aliphatic rings. The molecular weight excluding hydrogens is 426 g/mol. The molecule has 1 aliphatic carbocycles. The fraction of sp³-hybridized carbons (Fsp3) is 0.375. The summed E-state index contributed by atoms with van der Waals surface area (Å²) in [7, 11) is 1.78. The smallest absolute Gasteiger partial charge is 0.263 e. The number of aromatic nitrogens is 2. The summed E-state index contributed by atoms with van der Waals surface area (Å²) in [5, 5.41) is 0.966. The van der Waals surface area contributed by atoms with Gasteiger partial charge in [-0.3, -0.25) is 14.2 Å². The van der Waals surface area contributed by atoms with Crippen molar-refractivity contribution >= 4 is 44.9 Å². The summed E-state index contributed by atoms with van der Waals surface area (Å²) in [6.45, 7) is 6.07. The van der Waals surface area contributed by atoms with Crippen molar-refractivity contribution < 1.29 is 4.79 Å². The average Bonchev–Trinajstić information content (AvgIpc) is 2.96. The third-order valence-electron chi connectivity index (χ3n) is 5.71. The molecule has 0 fully saturated rings. The van der Waals surface area contributed by atoms with Gasteiger partial charge in [-0.25, -0.2) is 4.98 Å². The molecule has 5 nitrogen and oxygen atoms in total. The fourth-order valence-corrected chi connectivity index (χ4v) is 6.35. The second-order valence-corrected chi connectivity index (χ2v) is 10.2. The number of rotatable bonds is 6. The number of hydrogen-bond donors (Lipinski definition) is 0.